The van der Waals surface area contributed by atoms with Gasteiger partial charge in [-0.2, -0.15) is 7.82 Å². The fourth-order valence-corrected chi connectivity index (χ4v) is 0. The summed E-state index contributed by atoms with van der Waals surface area (Å²) >= 11 is 0. The zero-order valence-corrected chi connectivity index (χ0v) is 20.5. The normalized spacial score (nSPS) is 3.23. The molecule has 10 nitrogen and oxygen atoms in total. The molecule has 0 amide bonds. The summed E-state index contributed by atoms with van der Waals surface area (Å²) in [7, 11) is -5.39. The predicted molar refractivity (Wildman–Crippen MR) is 39.6 cm³/mol. The maximum absolute atomic E-state index is 8.55. The molecule has 0 aliphatic carbocycles. The van der Waals surface area contributed by atoms with Gasteiger partial charge in [0.15, 0.2) is 0 Å². The maximum Gasteiger partial charge on any atom is 2.00 e. The molecule has 0 bridgehead atoms. The van der Waals surface area contributed by atoms with Crippen molar-refractivity contribution in [2.45, 2.75) is 0 Å². The number of hydrogen-bond acceptors (Lipinski definition) is 10. The Kier molecular flexibility index (Phi) is 816. The van der Waals surface area contributed by atoms with E-state index in [2.05, 4.69) is 0 Å². The first-order valence-corrected chi connectivity index (χ1v) is 3.53. The molecular formula is C6H2CoFeN6Na3O4P. The molecule has 0 aliphatic heterocycles. The minimum absolute atomic E-state index is 0. The third-order valence-corrected chi connectivity index (χ3v) is 0. The summed E-state index contributed by atoms with van der Waals surface area (Å²) < 4.78 is 8.55. The van der Waals surface area contributed by atoms with E-state index in [0.717, 1.165) is 0 Å². The molecule has 0 spiro atoms. The van der Waals surface area contributed by atoms with E-state index >= 15 is 0 Å². The number of phosphoric acid groups is 1. The first-order valence-electron chi connectivity index (χ1n) is 2.07. The SMILES string of the molecule is O=P([O-])([O-])[O-].[C-]#N.[C-]#N.[C-]#N.[C-]#N.[C-]#N.[C-]#N.[Co+2].[Fe+2].[H+].[H+].[Na+].[Na+].[Na+]. The second kappa shape index (κ2) is 196. The summed E-state index contributed by atoms with van der Waals surface area (Å²) in [6, 6.07) is 0. The maximum atomic E-state index is 8.55. The van der Waals surface area contributed by atoms with E-state index in [-0.39, 0.29) is 125 Å². The van der Waals surface area contributed by atoms with E-state index in [1.807, 2.05) is 0 Å². The molecule has 0 fully saturated rings. The van der Waals surface area contributed by atoms with Crippen molar-refractivity contribution in [2.75, 3.05) is 0 Å². The van der Waals surface area contributed by atoms with Crippen molar-refractivity contribution < 1.29 is 145 Å². The summed E-state index contributed by atoms with van der Waals surface area (Å²) in [4.78, 5) is 25.6. The minimum atomic E-state index is -5.39. The van der Waals surface area contributed by atoms with Crippen molar-refractivity contribution >= 4 is 7.82 Å². The van der Waals surface area contributed by atoms with E-state index in [0.29, 0.717) is 0 Å². The van der Waals surface area contributed by atoms with Crippen LogP contribution in [-0.4, -0.2) is 0 Å². The van der Waals surface area contributed by atoms with Crippen LogP contribution in [0.3, 0.4) is 0 Å². The van der Waals surface area contributed by atoms with Gasteiger partial charge in [-0.1, -0.05) is 0 Å². The van der Waals surface area contributed by atoms with Crippen molar-refractivity contribution in [3.8, 4) is 0 Å². The number of nitrogens with zero attached hydrogens (tertiary/aromatic N) is 6. The zero-order valence-electron chi connectivity index (χ0n) is 13.5. The van der Waals surface area contributed by atoms with Gasteiger partial charge in [0.25, 0.3) is 0 Å². The molecule has 1 radical (unpaired) electrons. The summed E-state index contributed by atoms with van der Waals surface area (Å²) in [6.45, 7) is 28.5. The van der Waals surface area contributed by atoms with Gasteiger partial charge in [0, 0.05) is 0 Å². The summed E-state index contributed by atoms with van der Waals surface area (Å²) in [5.41, 5.74) is 0. The van der Waals surface area contributed by atoms with Crippen LogP contribution < -0.4 is 103 Å². The van der Waals surface area contributed by atoms with E-state index in [1.54, 1.807) is 0 Å². The minimum Gasteiger partial charge on any atom is -0.822 e. The van der Waals surface area contributed by atoms with Gasteiger partial charge in [-0.15, -0.1) is 0 Å². The third kappa shape index (κ3) is 7340. The van der Waals surface area contributed by atoms with Gasteiger partial charge >= 0.3 is 125 Å². The van der Waals surface area contributed by atoms with Gasteiger partial charge in [0.2, 0.25) is 0 Å². The van der Waals surface area contributed by atoms with Crippen LogP contribution in [0.5, 0.6) is 0 Å². The molecule has 0 heterocycles. The van der Waals surface area contributed by atoms with E-state index < -0.39 is 7.82 Å². The third-order valence-electron chi connectivity index (χ3n) is 0. The van der Waals surface area contributed by atoms with Crippen molar-refractivity contribution in [3.63, 3.8) is 0 Å². The van der Waals surface area contributed by atoms with E-state index in [1.165, 1.54) is 0 Å². The standard InChI is InChI=1S/6CN.Co.Fe.3Na.H3O4P/c6*1-2;;;;;;1-5(2,3)4/h;;;;;;;;;;;(H3,1,2,3,4)/q6*-1;2*+2;3*+1;/p-1. The molecule has 22 heavy (non-hydrogen) atoms. The van der Waals surface area contributed by atoms with Gasteiger partial charge in [-0.3, -0.25) is 0 Å². The van der Waals surface area contributed by atoms with Crippen LogP contribution in [0, 0.1) is 71.0 Å². The molecule has 0 aromatic heterocycles. The Morgan fingerprint density at radius 2 is 0.591 bits per heavy atom. The van der Waals surface area contributed by atoms with Crippen LogP contribution in [0.15, 0.2) is 0 Å². The molecule has 0 N–H and O–H groups in total. The van der Waals surface area contributed by atoms with Crippen LogP contribution >= 0.6 is 7.82 Å². The van der Waals surface area contributed by atoms with Crippen LogP contribution in [0.2, 0.25) is 0 Å². The fraction of sp³-hybridized carbons (Fsp3) is 0. The van der Waals surface area contributed by atoms with Gasteiger partial charge in [-0.05, 0) is 0 Å². The average Bonchev–Trinajstić information content (AvgIpc) is 2.41. The molecule has 0 saturated carbocycles. The molecule has 0 unspecified atom stereocenters. The van der Waals surface area contributed by atoms with Crippen molar-refractivity contribution in [3.05, 3.63) is 39.4 Å². The number of rotatable bonds is 0. The topological polar surface area (TPSA) is 229 Å². The Bertz CT molecular complexity index is 238. The molecule has 0 rings (SSSR count). The van der Waals surface area contributed by atoms with E-state index in [4.69, 9.17) is 90.2 Å². The van der Waals surface area contributed by atoms with E-state index in [9.17, 15) is 0 Å². The Hall–Kier alpha value is 1.08. The second-order valence-corrected chi connectivity index (χ2v) is 1.34. The first-order chi connectivity index (χ1) is 8.00. The van der Waals surface area contributed by atoms with Crippen molar-refractivity contribution in [1.29, 1.82) is 31.6 Å². The van der Waals surface area contributed by atoms with Gasteiger partial charge in [0.1, 0.15) is 0 Å². The smallest absolute Gasteiger partial charge is 0.822 e. The Morgan fingerprint density at radius 1 is 0.591 bits per heavy atom. The molecule has 16 heteroatoms. The first kappa shape index (κ1) is 91.7. The molecular weight excluding hydrogens is 435 g/mol. The fourth-order valence-electron chi connectivity index (χ4n) is 0. The molecule has 0 aliphatic rings. The van der Waals surface area contributed by atoms with Gasteiger partial charge in [-0.25, -0.2) is 0 Å². The Labute approximate surface area is 220 Å². The van der Waals surface area contributed by atoms with Crippen LogP contribution in [0.4, 0.5) is 0 Å². The van der Waals surface area contributed by atoms with Crippen LogP contribution in [0.1, 0.15) is 2.85 Å². The van der Waals surface area contributed by atoms with Crippen molar-refractivity contribution in [2.24, 2.45) is 0 Å². The van der Waals surface area contributed by atoms with Gasteiger partial charge in [0.05, 0.1) is 0 Å². The zero-order chi connectivity index (χ0) is 16.5. The van der Waals surface area contributed by atoms with Crippen LogP contribution in [-0.2, 0) is 38.4 Å². The van der Waals surface area contributed by atoms with Crippen molar-refractivity contribution in [1.82, 2.24) is 0 Å². The second-order valence-electron chi connectivity index (χ2n) is 0.447. The molecule has 0 aromatic carbocycles. The summed E-state index contributed by atoms with van der Waals surface area (Å²) in [5.74, 6) is 0. The van der Waals surface area contributed by atoms with Crippen LogP contribution in [0.25, 0.3) is 0 Å². The molecule has 105 valence electrons. The largest absolute Gasteiger partial charge is 2.00 e. The predicted octanol–water partition coefficient (Wildman–Crippen LogP) is -11.0. The molecule has 0 saturated heterocycles. The summed E-state index contributed by atoms with van der Waals surface area (Å²) in [6.07, 6.45) is 0. The van der Waals surface area contributed by atoms with Gasteiger partial charge < -0.3 is 90.2 Å². The molecule has 0 atom stereocenters. The monoisotopic (exact) mass is 437 g/mol. The quantitative estimate of drug-likeness (QED) is 0.197. The Morgan fingerprint density at radius 3 is 0.591 bits per heavy atom. The average molecular weight is 437 g/mol. The molecule has 0 aromatic rings. The Balaban J connectivity index is -0.00000000403. The number of hydrogen-bond donors (Lipinski definition) is 0. The summed E-state index contributed by atoms with van der Waals surface area (Å²) in [5, 5.41) is 37.5.